The second-order valence-electron chi connectivity index (χ2n) is 1.51. The van der Waals surface area contributed by atoms with Crippen LogP contribution in [0.25, 0.3) is 0 Å². The van der Waals surface area contributed by atoms with Gasteiger partial charge in [0.1, 0.15) is 0 Å². The van der Waals surface area contributed by atoms with Gasteiger partial charge in [0.05, 0.1) is 12.7 Å². The van der Waals surface area contributed by atoms with Crippen LogP contribution in [0.15, 0.2) is 0 Å². The highest BCUT2D eigenvalue weighted by Gasteiger charge is 1.83. The van der Waals surface area contributed by atoms with E-state index in [9.17, 15) is 0 Å². The summed E-state index contributed by atoms with van der Waals surface area (Å²) >= 11 is 0. The number of rotatable bonds is 1. The van der Waals surface area contributed by atoms with Crippen LogP contribution in [0.5, 0.6) is 0 Å². The summed E-state index contributed by atoms with van der Waals surface area (Å²) in [5.74, 6) is 0. The number of nitrogens with zero attached hydrogens (tertiary/aromatic N) is 2. The lowest BCUT2D eigenvalue weighted by Gasteiger charge is -1.90. The first-order chi connectivity index (χ1) is 5.73. The molecular formula is C3H10N2O8. The molecule has 13 heavy (non-hydrogen) atoms. The Bertz CT molecular complexity index is 115. The van der Waals surface area contributed by atoms with Gasteiger partial charge in [-0.3, -0.25) is 0 Å². The molecule has 0 spiro atoms. The topological polar surface area (TPSA) is 167 Å². The zero-order valence-electron chi connectivity index (χ0n) is 6.60. The van der Waals surface area contributed by atoms with Crippen molar-refractivity contribution in [2.24, 2.45) is 0 Å². The fraction of sp³-hybridized carbons (Fsp3) is 1.00. The fourth-order valence-corrected chi connectivity index (χ4v) is 0. The van der Waals surface area contributed by atoms with Gasteiger partial charge in [0.15, 0.2) is 0 Å². The molecule has 0 aromatic heterocycles. The average Bonchev–Trinajstić information content (AvgIpc) is 1.84. The van der Waals surface area contributed by atoms with E-state index in [0.717, 1.165) is 0 Å². The number of hydrogen-bond donors (Lipinski definition) is 4. The largest absolute Gasteiger partial charge is 0.394 e. The van der Waals surface area contributed by atoms with Gasteiger partial charge in [-0.25, -0.2) is 0 Å². The van der Waals surface area contributed by atoms with Crippen LogP contribution < -0.4 is 0 Å². The highest BCUT2D eigenvalue weighted by Crippen LogP contribution is 1.68. The number of aliphatic hydroxyl groups excluding tert-OH is 2. The Morgan fingerprint density at radius 2 is 1.31 bits per heavy atom. The Balaban J connectivity index is -0.000000117. The van der Waals surface area contributed by atoms with Crippen LogP contribution in [-0.4, -0.2) is 43.5 Å². The van der Waals surface area contributed by atoms with E-state index in [-0.39, 0.29) is 6.61 Å². The molecule has 0 radical (unpaired) electrons. The third kappa shape index (κ3) is 6980. The normalized spacial score (nSPS) is 9.46. The molecule has 0 rings (SSSR count). The summed E-state index contributed by atoms with van der Waals surface area (Å²) in [5, 5.41) is 43.3. The minimum absolute atomic E-state index is 0.139. The minimum Gasteiger partial charge on any atom is -0.394 e. The molecule has 1 unspecified atom stereocenters. The zero-order chi connectivity index (χ0) is 11.4. The predicted octanol–water partition coefficient (Wildman–Crippen LogP) is -1.34. The summed E-state index contributed by atoms with van der Waals surface area (Å²) in [6, 6.07) is 0. The van der Waals surface area contributed by atoms with Crippen molar-refractivity contribution < 1.29 is 30.8 Å². The molecule has 1 atom stereocenters. The average molecular weight is 202 g/mol. The summed E-state index contributed by atoms with van der Waals surface area (Å²) < 4.78 is 0. The standard InChI is InChI=1S/C3H8O2.2HNO3/c1-3(5)2-4;2*2-1(3)4/h3-5H,2H2,1H3;2*(H,2,3,4). The van der Waals surface area contributed by atoms with Crippen LogP contribution in [-0.2, 0) is 0 Å². The summed E-state index contributed by atoms with van der Waals surface area (Å²) in [6.45, 7) is 1.39. The van der Waals surface area contributed by atoms with Gasteiger partial charge in [0.25, 0.3) is 10.2 Å². The van der Waals surface area contributed by atoms with Crippen molar-refractivity contribution in [3.63, 3.8) is 0 Å². The van der Waals surface area contributed by atoms with Crippen LogP contribution >= 0.6 is 0 Å². The van der Waals surface area contributed by atoms with Gasteiger partial charge >= 0.3 is 0 Å². The highest BCUT2D eigenvalue weighted by atomic mass is 16.9. The van der Waals surface area contributed by atoms with Crippen molar-refractivity contribution in [2.75, 3.05) is 6.61 Å². The Kier molecular flexibility index (Phi) is 17.3. The SMILES string of the molecule is CC(O)CO.O=[N+]([O-])O.O=[N+]([O-])O. The van der Waals surface area contributed by atoms with Gasteiger partial charge in [-0.1, -0.05) is 0 Å². The molecule has 0 saturated heterocycles. The Hall–Kier alpha value is -1.68. The molecule has 0 saturated carbocycles. The molecule has 0 bridgehead atoms. The van der Waals surface area contributed by atoms with Gasteiger partial charge in [-0.05, 0) is 6.92 Å². The smallest absolute Gasteiger partial charge is 0.291 e. The molecule has 0 aliphatic rings. The first-order valence-electron chi connectivity index (χ1n) is 2.69. The van der Waals surface area contributed by atoms with Crippen molar-refractivity contribution in [1.82, 2.24) is 0 Å². The predicted molar refractivity (Wildman–Crippen MR) is 36.3 cm³/mol. The molecule has 0 fully saturated rings. The maximum Gasteiger partial charge on any atom is 0.291 e. The molecule has 4 N–H and O–H groups in total. The summed E-state index contributed by atoms with van der Waals surface area (Å²) in [4.78, 5) is 16.7. The second-order valence-corrected chi connectivity index (χ2v) is 1.51. The van der Waals surface area contributed by atoms with Crippen molar-refractivity contribution in [2.45, 2.75) is 13.0 Å². The van der Waals surface area contributed by atoms with E-state index >= 15 is 0 Å². The van der Waals surface area contributed by atoms with E-state index in [2.05, 4.69) is 0 Å². The molecule has 10 nitrogen and oxygen atoms in total. The molecule has 0 aliphatic carbocycles. The minimum atomic E-state index is -1.50. The quantitative estimate of drug-likeness (QED) is 0.299. The van der Waals surface area contributed by atoms with Crippen molar-refractivity contribution in [3.05, 3.63) is 20.2 Å². The first-order valence-corrected chi connectivity index (χ1v) is 2.69. The van der Waals surface area contributed by atoms with Gasteiger partial charge in [0, 0.05) is 0 Å². The monoisotopic (exact) mass is 202 g/mol. The van der Waals surface area contributed by atoms with Crippen LogP contribution in [0.4, 0.5) is 0 Å². The molecule has 80 valence electrons. The maximum absolute atomic E-state index is 8.36. The van der Waals surface area contributed by atoms with Gasteiger partial charge < -0.3 is 20.6 Å². The molecule has 10 heteroatoms. The second kappa shape index (κ2) is 12.9. The molecule has 0 aliphatic heterocycles. The van der Waals surface area contributed by atoms with Crippen LogP contribution in [0.3, 0.4) is 0 Å². The third-order valence-corrected chi connectivity index (χ3v) is 0.264. The summed E-state index contributed by atoms with van der Waals surface area (Å²) in [6.07, 6.45) is -0.560. The van der Waals surface area contributed by atoms with Crippen LogP contribution in [0.2, 0.25) is 0 Å². The lowest BCUT2D eigenvalue weighted by Crippen LogP contribution is -2.03. The van der Waals surface area contributed by atoms with Gasteiger partial charge in [0.2, 0.25) is 0 Å². The van der Waals surface area contributed by atoms with Crippen molar-refractivity contribution in [3.8, 4) is 0 Å². The molecule has 0 amide bonds. The first kappa shape index (κ1) is 17.4. The van der Waals surface area contributed by atoms with E-state index in [4.69, 9.17) is 40.9 Å². The summed E-state index contributed by atoms with van der Waals surface area (Å²) in [7, 11) is 0. The molecule has 0 aromatic carbocycles. The van der Waals surface area contributed by atoms with Crippen molar-refractivity contribution in [1.29, 1.82) is 0 Å². The highest BCUT2D eigenvalue weighted by molar-refractivity contribution is 4.34. The molecule has 0 heterocycles. The molecule has 0 aromatic rings. The Labute approximate surface area is 71.9 Å². The third-order valence-electron chi connectivity index (χ3n) is 0.264. The fourth-order valence-electron chi connectivity index (χ4n) is 0. The lowest BCUT2D eigenvalue weighted by molar-refractivity contribution is -0.742. The zero-order valence-corrected chi connectivity index (χ0v) is 6.60. The van der Waals surface area contributed by atoms with Crippen LogP contribution in [0, 0.1) is 20.2 Å². The van der Waals surface area contributed by atoms with Gasteiger partial charge in [-0.2, -0.15) is 0 Å². The molecular weight excluding hydrogens is 192 g/mol. The van der Waals surface area contributed by atoms with E-state index in [1.807, 2.05) is 0 Å². The van der Waals surface area contributed by atoms with E-state index in [0.29, 0.717) is 0 Å². The van der Waals surface area contributed by atoms with Gasteiger partial charge in [-0.15, -0.1) is 20.2 Å². The van der Waals surface area contributed by atoms with E-state index in [1.54, 1.807) is 0 Å². The van der Waals surface area contributed by atoms with E-state index in [1.165, 1.54) is 6.92 Å². The number of aliphatic hydroxyl groups is 2. The van der Waals surface area contributed by atoms with E-state index < -0.39 is 16.3 Å². The maximum atomic E-state index is 8.36. The summed E-state index contributed by atoms with van der Waals surface area (Å²) in [5.41, 5.74) is 0. The van der Waals surface area contributed by atoms with Crippen molar-refractivity contribution >= 4 is 0 Å². The van der Waals surface area contributed by atoms with Crippen LogP contribution in [0.1, 0.15) is 6.92 Å². The Morgan fingerprint density at radius 3 is 1.31 bits per heavy atom. The lowest BCUT2D eigenvalue weighted by atomic mass is 10.5. The number of hydrogen-bond acceptors (Lipinski definition) is 6. The Morgan fingerprint density at radius 1 is 1.23 bits per heavy atom.